The number of halogens is 1. The molecule has 0 fully saturated rings. The van der Waals surface area contributed by atoms with Gasteiger partial charge in [0.2, 0.25) is 0 Å². The lowest BCUT2D eigenvalue weighted by molar-refractivity contribution is -0.385. The highest BCUT2D eigenvalue weighted by molar-refractivity contribution is 5.68. The summed E-state index contributed by atoms with van der Waals surface area (Å²) in [5.41, 5.74) is 4.93. The third kappa shape index (κ3) is 2.74. The summed E-state index contributed by atoms with van der Waals surface area (Å²) in [5, 5.41) is 18.9. The van der Waals surface area contributed by atoms with Crippen LogP contribution in [0.15, 0.2) is 18.2 Å². The smallest absolute Gasteiger partial charge is 0.305 e. The number of nitro groups is 1. The zero-order valence-electron chi connectivity index (χ0n) is 8.09. The van der Waals surface area contributed by atoms with Crippen LogP contribution in [0.1, 0.15) is 18.0 Å². The molecule has 1 aromatic carbocycles. The largest absolute Gasteiger partial charge is 0.481 e. The number of carboxylic acids is 1. The zero-order chi connectivity index (χ0) is 12.3. The quantitative estimate of drug-likeness (QED) is 0.595. The average molecular weight is 228 g/mol. The Morgan fingerprint density at radius 3 is 2.75 bits per heavy atom. The maximum absolute atomic E-state index is 13.2. The molecule has 0 spiro atoms. The van der Waals surface area contributed by atoms with Crippen LogP contribution < -0.4 is 5.73 Å². The number of carboxylic acid groups (broad SMARTS) is 1. The Kier molecular flexibility index (Phi) is 3.51. The van der Waals surface area contributed by atoms with Gasteiger partial charge in [0.15, 0.2) is 0 Å². The molecular weight excluding hydrogens is 219 g/mol. The molecule has 0 amide bonds. The van der Waals surface area contributed by atoms with E-state index >= 15 is 0 Å². The van der Waals surface area contributed by atoms with Gasteiger partial charge >= 0.3 is 5.97 Å². The van der Waals surface area contributed by atoms with E-state index in [0.717, 1.165) is 18.2 Å². The van der Waals surface area contributed by atoms with Crippen molar-refractivity contribution in [3.05, 3.63) is 39.7 Å². The third-order valence-electron chi connectivity index (χ3n) is 1.98. The minimum absolute atomic E-state index is 0.170. The highest BCUT2D eigenvalue weighted by Crippen LogP contribution is 2.23. The molecule has 6 nitrogen and oxygen atoms in total. The van der Waals surface area contributed by atoms with Crippen molar-refractivity contribution in [2.24, 2.45) is 5.73 Å². The van der Waals surface area contributed by atoms with Crippen molar-refractivity contribution in [2.45, 2.75) is 12.5 Å². The standard InChI is InChI=1S/C9H9FN2O4/c10-7-2-1-5(12(15)16)3-6(7)8(11)4-9(13)14/h1-3,8H,4,11H2,(H,13,14). The number of hydrogen-bond acceptors (Lipinski definition) is 4. The van der Waals surface area contributed by atoms with E-state index in [0.29, 0.717) is 0 Å². The molecule has 1 rings (SSSR count). The average Bonchev–Trinajstić information content (AvgIpc) is 2.16. The molecule has 0 heterocycles. The number of aliphatic carboxylic acids is 1. The third-order valence-corrected chi connectivity index (χ3v) is 1.98. The molecule has 3 N–H and O–H groups in total. The maximum atomic E-state index is 13.2. The van der Waals surface area contributed by atoms with Crippen molar-refractivity contribution in [1.82, 2.24) is 0 Å². The molecule has 7 heteroatoms. The Balaban J connectivity index is 3.06. The van der Waals surface area contributed by atoms with Gasteiger partial charge in [-0.2, -0.15) is 0 Å². The first-order valence-electron chi connectivity index (χ1n) is 4.33. The van der Waals surface area contributed by atoms with E-state index in [1.165, 1.54) is 0 Å². The number of benzene rings is 1. The molecule has 16 heavy (non-hydrogen) atoms. The lowest BCUT2D eigenvalue weighted by atomic mass is 10.0. The van der Waals surface area contributed by atoms with E-state index in [-0.39, 0.29) is 11.3 Å². The molecule has 0 aliphatic carbocycles. The number of carbonyl (C=O) groups is 1. The van der Waals surface area contributed by atoms with Crippen LogP contribution in [0.5, 0.6) is 0 Å². The van der Waals surface area contributed by atoms with Gasteiger partial charge in [0.05, 0.1) is 11.3 Å². The second-order valence-corrected chi connectivity index (χ2v) is 3.17. The van der Waals surface area contributed by atoms with E-state index in [4.69, 9.17) is 10.8 Å². The first-order valence-corrected chi connectivity index (χ1v) is 4.33. The minimum atomic E-state index is -1.20. The van der Waals surface area contributed by atoms with Gasteiger partial charge in [0.1, 0.15) is 5.82 Å². The second-order valence-electron chi connectivity index (χ2n) is 3.17. The van der Waals surface area contributed by atoms with Gasteiger partial charge in [-0.15, -0.1) is 0 Å². The van der Waals surface area contributed by atoms with Crippen LogP contribution in [-0.2, 0) is 4.79 Å². The molecule has 1 atom stereocenters. The predicted molar refractivity (Wildman–Crippen MR) is 52.2 cm³/mol. The zero-order valence-corrected chi connectivity index (χ0v) is 8.09. The molecule has 0 aliphatic rings. The lowest BCUT2D eigenvalue weighted by Crippen LogP contribution is -2.16. The molecule has 0 aliphatic heterocycles. The summed E-state index contributed by atoms with van der Waals surface area (Å²) in [6.07, 6.45) is -0.488. The van der Waals surface area contributed by atoms with E-state index in [9.17, 15) is 19.3 Å². The molecule has 0 saturated carbocycles. The first kappa shape index (κ1) is 12.1. The van der Waals surface area contributed by atoms with Gasteiger partial charge < -0.3 is 10.8 Å². The Bertz CT molecular complexity index is 436. The Labute approximate surface area is 89.6 Å². The summed E-state index contributed by atoms with van der Waals surface area (Å²) in [6, 6.07) is 1.74. The second kappa shape index (κ2) is 4.67. The summed E-state index contributed by atoms with van der Waals surface area (Å²) < 4.78 is 13.2. The Morgan fingerprint density at radius 1 is 1.62 bits per heavy atom. The van der Waals surface area contributed by atoms with Crippen molar-refractivity contribution in [3.8, 4) is 0 Å². The van der Waals surface area contributed by atoms with Crippen molar-refractivity contribution in [1.29, 1.82) is 0 Å². The van der Waals surface area contributed by atoms with Crippen molar-refractivity contribution < 1.29 is 19.2 Å². The van der Waals surface area contributed by atoms with Crippen LogP contribution in [0.4, 0.5) is 10.1 Å². The maximum Gasteiger partial charge on any atom is 0.305 e. The van der Waals surface area contributed by atoms with Gasteiger partial charge in [-0.3, -0.25) is 14.9 Å². The molecule has 0 radical (unpaired) electrons. The molecule has 86 valence electrons. The molecule has 0 aromatic heterocycles. The van der Waals surface area contributed by atoms with E-state index in [1.807, 2.05) is 0 Å². The fraction of sp³-hybridized carbons (Fsp3) is 0.222. The number of hydrogen-bond donors (Lipinski definition) is 2. The van der Waals surface area contributed by atoms with Crippen molar-refractivity contribution >= 4 is 11.7 Å². The van der Waals surface area contributed by atoms with Gasteiger partial charge in [-0.1, -0.05) is 0 Å². The monoisotopic (exact) mass is 228 g/mol. The molecular formula is C9H9FN2O4. The summed E-state index contributed by atoms with van der Waals surface area (Å²) >= 11 is 0. The Morgan fingerprint density at radius 2 is 2.25 bits per heavy atom. The van der Waals surface area contributed by atoms with Crippen LogP contribution in [0, 0.1) is 15.9 Å². The molecule has 0 saturated heterocycles. The normalized spacial score (nSPS) is 12.1. The SMILES string of the molecule is NC(CC(=O)O)c1cc([N+](=O)[O-])ccc1F. The van der Waals surface area contributed by atoms with Crippen molar-refractivity contribution in [2.75, 3.05) is 0 Å². The highest BCUT2D eigenvalue weighted by atomic mass is 19.1. The molecule has 1 aromatic rings. The van der Waals surface area contributed by atoms with Gasteiger partial charge in [0.25, 0.3) is 5.69 Å². The first-order chi connectivity index (χ1) is 7.41. The van der Waals surface area contributed by atoms with Crippen LogP contribution in [0.3, 0.4) is 0 Å². The minimum Gasteiger partial charge on any atom is -0.481 e. The fourth-order valence-corrected chi connectivity index (χ4v) is 1.23. The highest BCUT2D eigenvalue weighted by Gasteiger charge is 2.18. The number of nitro benzene ring substituents is 1. The fourth-order valence-electron chi connectivity index (χ4n) is 1.23. The molecule has 1 unspecified atom stereocenters. The summed E-state index contributed by atoms with van der Waals surface area (Å²) in [7, 11) is 0. The lowest BCUT2D eigenvalue weighted by Gasteiger charge is -2.09. The van der Waals surface area contributed by atoms with Gasteiger partial charge in [0, 0.05) is 23.7 Å². The van der Waals surface area contributed by atoms with E-state index in [2.05, 4.69) is 0 Å². The van der Waals surface area contributed by atoms with Crippen LogP contribution in [-0.4, -0.2) is 16.0 Å². The van der Waals surface area contributed by atoms with E-state index < -0.39 is 29.2 Å². The van der Waals surface area contributed by atoms with Gasteiger partial charge in [-0.25, -0.2) is 4.39 Å². The predicted octanol–water partition coefficient (Wildman–Crippen LogP) is 1.21. The number of rotatable bonds is 4. The summed E-state index contributed by atoms with van der Waals surface area (Å²) in [6.45, 7) is 0. The Hall–Kier alpha value is -2.02. The van der Waals surface area contributed by atoms with Gasteiger partial charge in [-0.05, 0) is 6.07 Å². The van der Waals surface area contributed by atoms with Crippen LogP contribution >= 0.6 is 0 Å². The number of non-ortho nitro benzene ring substituents is 1. The van der Waals surface area contributed by atoms with E-state index in [1.54, 1.807) is 0 Å². The number of nitrogens with zero attached hydrogens (tertiary/aromatic N) is 1. The van der Waals surface area contributed by atoms with Crippen molar-refractivity contribution in [3.63, 3.8) is 0 Å². The molecule has 0 bridgehead atoms. The van der Waals surface area contributed by atoms with Crippen LogP contribution in [0.2, 0.25) is 0 Å². The van der Waals surface area contributed by atoms with Crippen LogP contribution in [0.25, 0.3) is 0 Å². The summed E-state index contributed by atoms with van der Waals surface area (Å²) in [4.78, 5) is 20.1. The topological polar surface area (TPSA) is 106 Å². The number of nitrogens with two attached hydrogens (primary N) is 1. The summed E-state index contributed by atoms with van der Waals surface area (Å²) in [5.74, 6) is -1.95.